The third-order valence-corrected chi connectivity index (χ3v) is 4.71. The van der Waals surface area contributed by atoms with E-state index in [0.29, 0.717) is 10.4 Å². The molecule has 0 aromatic carbocycles. The van der Waals surface area contributed by atoms with E-state index in [1.807, 2.05) is 0 Å². The predicted molar refractivity (Wildman–Crippen MR) is 100 cm³/mol. The van der Waals surface area contributed by atoms with Crippen LogP contribution in [0.15, 0.2) is 9.53 Å². The van der Waals surface area contributed by atoms with Crippen molar-refractivity contribution in [1.82, 2.24) is 19.5 Å². The molecule has 0 saturated carbocycles. The Kier molecular flexibility index (Phi) is 7.86. The molecule has 2 aromatic heterocycles. The monoisotopic (exact) mass is 415 g/mol. The number of halogens is 1. The molecular formula is C16H26BrN5O3. The Labute approximate surface area is 154 Å². The first-order valence-corrected chi connectivity index (χ1v) is 9.50. The van der Waals surface area contributed by atoms with Crippen molar-refractivity contribution in [1.29, 1.82) is 0 Å². The number of nitrogen functional groups attached to an aromatic ring is 1. The van der Waals surface area contributed by atoms with Gasteiger partial charge >= 0.3 is 0 Å². The SMILES string of the molecule is CCCCCCCCC(CO)OCn1c(Br)nc2c(=O)[nH]c(N)nc21. The van der Waals surface area contributed by atoms with Crippen LogP contribution in [0.25, 0.3) is 11.2 Å². The fourth-order valence-corrected chi connectivity index (χ4v) is 3.12. The molecule has 4 N–H and O–H groups in total. The number of hydrogen-bond donors (Lipinski definition) is 3. The molecule has 2 aromatic rings. The van der Waals surface area contributed by atoms with E-state index in [1.165, 1.54) is 25.7 Å². The summed E-state index contributed by atoms with van der Waals surface area (Å²) in [4.78, 5) is 22.5. The number of ether oxygens (including phenoxy) is 1. The zero-order valence-corrected chi connectivity index (χ0v) is 16.1. The lowest BCUT2D eigenvalue weighted by atomic mass is 10.1. The minimum atomic E-state index is -0.396. The smallest absolute Gasteiger partial charge is 0.280 e. The molecule has 0 aliphatic heterocycles. The highest BCUT2D eigenvalue weighted by molar-refractivity contribution is 9.10. The van der Waals surface area contributed by atoms with E-state index in [-0.39, 0.29) is 30.9 Å². The minimum Gasteiger partial charge on any atom is -0.394 e. The fourth-order valence-electron chi connectivity index (χ4n) is 2.68. The van der Waals surface area contributed by atoms with Crippen LogP contribution in [0.4, 0.5) is 5.95 Å². The van der Waals surface area contributed by atoms with Crippen LogP contribution < -0.4 is 11.3 Å². The molecule has 0 bridgehead atoms. The number of aromatic amines is 1. The standard InChI is InChI=1S/C16H26BrN5O3/c1-2-3-4-5-6-7-8-11(9-23)25-10-22-13-12(19-15(22)17)14(24)21-16(18)20-13/h11,23H,2-10H2,1H3,(H3,18,20,21,24). The first kappa shape index (κ1) is 19.9. The number of unbranched alkanes of at least 4 members (excludes halogenated alkanes) is 5. The number of aliphatic hydroxyl groups excluding tert-OH is 1. The van der Waals surface area contributed by atoms with Gasteiger partial charge in [-0.05, 0) is 22.4 Å². The van der Waals surface area contributed by atoms with E-state index < -0.39 is 5.56 Å². The van der Waals surface area contributed by atoms with Crippen LogP contribution >= 0.6 is 15.9 Å². The number of H-pyrrole nitrogens is 1. The molecule has 0 spiro atoms. The van der Waals surface area contributed by atoms with Gasteiger partial charge in [0.15, 0.2) is 15.9 Å². The van der Waals surface area contributed by atoms with Crippen LogP contribution in [0.5, 0.6) is 0 Å². The molecule has 25 heavy (non-hydrogen) atoms. The number of aliphatic hydroxyl groups is 1. The largest absolute Gasteiger partial charge is 0.394 e. The van der Waals surface area contributed by atoms with Gasteiger partial charge in [-0.3, -0.25) is 14.3 Å². The van der Waals surface area contributed by atoms with Crippen LogP contribution in [0.3, 0.4) is 0 Å². The Morgan fingerprint density at radius 1 is 1.28 bits per heavy atom. The van der Waals surface area contributed by atoms with Crippen molar-refractivity contribution >= 4 is 33.0 Å². The normalized spacial score (nSPS) is 12.8. The Bertz CT molecular complexity index is 730. The number of nitrogens with one attached hydrogen (secondary N) is 1. The molecule has 8 nitrogen and oxygen atoms in total. The maximum Gasteiger partial charge on any atom is 0.280 e. The first-order chi connectivity index (χ1) is 12.1. The first-order valence-electron chi connectivity index (χ1n) is 8.70. The average molecular weight is 416 g/mol. The van der Waals surface area contributed by atoms with Crippen LogP contribution in [0.2, 0.25) is 0 Å². The van der Waals surface area contributed by atoms with Crippen molar-refractivity contribution in [2.45, 2.75) is 64.7 Å². The van der Waals surface area contributed by atoms with E-state index in [1.54, 1.807) is 4.57 Å². The number of anilines is 1. The van der Waals surface area contributed by atoms with E-state index in [4.69, 9.17) is 10.5 Å². The highest BCUT2D eigenvalue weighted by Gasteiger charge is 2.16. The second-order valence-electron chi connectivity index (χ2n) is 6.09. The lowest BCUT2D eigenvalue weighted by Gasteiger charge is -2.16. The van der Waals surface area contributed by atoms with Gasteiger partial charge in [0.2, 0.25) is 5.95 Å². The third kappa shape index (κ3) is 5.52. The van der Waals surface area contributed by atoms with Crippen molar-refractivity contribution < 1.29 is 9.84 Å². The van der Waals surface area contributed by atoms with Crippen LogP contribution in [-0.2, 0) is 11.5 Å². The zero-order valence-electron chi connectivity index (χ0n) is 14.5. The lowest BCUT2D eigenvalue weighted by Crippen LogP contribution is -2.20. The zero-order chi connectivity index (χ0) is 18.2. The fraction of sp³-hybridized carbons (Fsp3) is 0.688. The number of hydrogen-bond acceptors (Lipinski definition) is 6. The molecule has 0 saturated heterocycles. The molecule has 1 atom stereocenters. The summed E-state index contributed by atoms with van der Waals surface area (Å²) in [5.74, 6) is 0.0249. The molecule has 9 heteroatoms. The van der Waals surface area contributed by atoms with Gasteiger partial charge in [-0.2, -0.15) is 4.98 Å². The van der Waals surface area contributed by atoms with Gasteiger partial charge in [-0.25, -0.2) is 4.98 Å². The molecule has 0 aliphatic rings. The van der Waals surface area contributed by atoms with E-state index in [0.717, 1.165) is 19.3 Å². The second-order valence-corrected chi connectivity index (χ2v) is 6.80. The number of imidazole rings is 1. The van der Waals surface area contributed by atoms with Gasteiger partial charge in [0.05, 0.1) is 12.7 Å². The Balaban J connectivity index is 1.92. The van der Waals surface area contributed by atoms with Crippen molar-refractivity contribution in [3.63, 3.8) is 0 Å². The Morgan fingerprint density at radius 2 is 2.00 bits per heavy atom. The molecule has 0 aliphatic carbocycles. The summed E-state index contributed by atoms with van der Waals surface area (Å²) >= 11 is 3.30. The number of aromatic nitrogens is 4. The Morgan fingerprint density at radius 3 is 2.72 bits per heavy atom. The van der Waals surface area contributed by atoms with Crippen LogP contribution in [0.1, 0.15) is 51.9 Å². The van der Waals surface area contributed by atoms with Gasteiger partial charge in [0, 0.05) is 0 Å². The maximum atomic E-state index is 11.9. The second kappa shape index (κ2) is 9.88. The van der Waals surface area contributed by atoms with Gasteiger partial charge in [0.1, 0.15) is 6.73 Å². The van der Waals surface area contributed by atoms with E-state index in [2.05, 4.69) is 37.8 Å². The van der Waals surface area contributed by atoms with Gasteiger partial charge in [0.25, 0.3) is 5.56 Å². The number of nitrogens with zero attached hydrogens (tertiary/aromatic N) is 3. The Hall–Kier alpha value is -1.45. The van der Waals surface area contributed by atoms with E-state index in [9.17, 15) is 9.90 Å². The summed E-state index contributed by atoms with van der Waals surface area (Å²) in [5.41, 5.74) is 5.75. The molecular weight excluding hydrogens is 390 g/mol. The third-order valence-electron chi connectivity index (χ3n) is 4.10. The molecule has 140 valence electrons. The number of fused-ring (bicyclic) bond motifs is 1. The van der Waals surface area contributed by atoms with Crippen molar-refractivity contribution in [2.24, 2.45) is 0 Å². The highest BCUT2D eigenvalue weighted by Crippen LogP contribution is 2.18. The maximum absolute atomic E-state index is 11.9. The summed E-state index contributed by atoms with van der Waals surface area (Å²) in [7, 11) is 0. The van der Waals surface area contributed by atoms with Crippen molar-refractivity contribution in [2.75, 3.05) is 12.3 Å². The molecule has 0 amide bonds. The summed E-state index contributed by atoms with van der Waals surface area (Å²) < 4.78 is 7.83. The van der Waals surface area contributed by atoms with E-state index >= 15 is 0 Å². The molecule has 2 heterocycles. The van der Waals surface area contributed by atoms with Crippen molar-refractivity contribution in [3.8, 4) is 0 Å². The van der Waals surface area contributed by atoms with Crippen LogP contribution in [0, 0.1) is 0 Å². The number of rotatable bonds is 11. The summed E-state index contributed by atoms with van der Waals surface area (Å²) in [6.45, 7) is 2.29. The number of nitrogens with two attached hydrogens (primary N) is 1. The minimum absolute atomic E-state index is 0.0249. The van der Waals surface area contributed by atoms with Gasteiger partial charge in [-0.1, -0.05) is 45.4 Å². The van der Waals surface area contributed by atoms with Crippen molar-refractivity contribution in [3.05, 3.63) is 15.1 Å². The van der Waals surface area contributed by atoms with Crippen LogP contribution in [-0.4, -0.2) is 37.3 Å². The van der Waals surface area contributed by atoms with Gasteiger partial charge in [-0.15, -0.1) is 0 Å². The van der Waals surface area contributed by atoms with Gasteiger partial charge < -0.3 is 15.6 Å². The molecule has 2 rings (SSSR count). The average Bonchev–Trinajstić information content (AvgIpc) is 2.89. The summed E-state index contributed by atoms with van der Waals surface area (Å²) in [6, 6.07) is 0. The molecule has 0 fully saturated rings. The summed E-state index contributed by atoms with van der Waals surface area (Å²) in [5, 5.41) is 9.51. The molecule has 0 radical (unpaired) electrons. The lowest BCUT2D eigenvalue weighted by molar-refractivity contribution is -0.0283. The highest BCUT2D eigenvalue weighted by atomic mass is 79.9. The topological polar surface area (TPSA) is 119 Å². The summed E-state index contributed by atoms with van der Waals surface area (Å²) in [6.07, 6.45) is 7.69. The quantitative estimate of drug-likeness (QED) is 0.383. The molecule has 1 unspecified atom stereocenters. The predicted octanol–water partition coefficient (Wildman–Crippen LogP) is 2.55.